The van der Waals surface area contributed by atoms with E-state index in [1.54, 1.807) is 0 Å². The van der Waals surface area contributed by atoms with E-state index < -0.39 is 24.2 Å². The largest absolute Gasteiger partial charge is 0.394 e. The molecule has 0 aliphatic rings. The van der Waals surface area contributed by atoms with Crippen LogP contribution >= 0.6 is 0 Å². The summed E-state index contributed by atoms with van der Waals surface area (Å²) in [5, 5.41) is 33.6. The third-order valence-corrected chi connectivity index (χ3v) is 13.6. The summed E-state index contributed by atoms with van der Waals surface area (Å²) in [6.45, 7) is 4.27. The maximum Gasteiger partial charge on any atom is 0.249 e. The van der Waals surface area contributed by atoms with E-state index in [2.05, 4.69) is 31.3 Å². The fraction of sp³-hybridized carbons (Fsp3) is 0.947. The number of aliphatic hydroxyl groups is 3. The number of nitrogens with one attached hydrogen (secondary N) is 1. The highest BCUT2D eigenvalue weighted by Crippen LogP contribution is 2.18. The number of carbonyl (C=O) groups excluding carboxylic acids is 1. The van der Waals surface area contributed by atoms with Crippen molar-refractivity contribution < 1.29 is 20.1 Å². The number of hydrogen-bond donors (Lipinski definition) is 4. The first-order valence-corrected chi connectivity index (χ1v) is 28.5. The molecule has 0 saturated heterocycles. The monoisotopic (exact) mass is 876 g/mol. The van der Waals surface area contributed by atoms with Crippen LogP contribution in [-0.4, -0.2) is 46.1 Å². The van der Waals surface area contributed by atoms with Crippen LogP contribution in [0.25, 0.3) is 0 Å². The molecule has 3 unspecified atom stereocenters. The summed E-state index contributed by atoms with van der Waals surface area (Å²) < 4.78 is 0. The molecule has 4 N–H and O–H groups in total. The Morgan fingerprint density at radius 1 is 0.371 bits per heavy atom. The number of aliphatic hydroxyl groups excluding tert-OH is 3. The molecule has 0 heterocycles. The lowest BCUT2D eigenvalue weighted by Gasteiger charge is -2.23. The first-order valence-electron chi connectivity index (χ1n) is 28.5. The summed E-state index contributed by atoms with van der Waals surface area (Å²) >= 11 is 0. The van der Waals surface area contributed by atoms with E-state index >= 15 is 0 Å². The number of allylic oxidation sites excluding steroid dienone is 2. The van der Waals surface area contributed by atoms with Gasteiger partial charge in [0.2, 0.25) is 5.91 Å². The molecule has 0 spiro atoms. The third kappa shape index (κ3) is 47.1. The van der Waals surface area contributed by atoms with Crippen molar-refractivity contribution in [3.63, 3.8) is 0 Å². The molecule has 0 bridgehead atoms. The highest BCUT2D eigenvalue weighted by Gasteiger charge is 2.23. The SMILES string of the molecule is CCCCCCCCCCCCCC/C=C\CCCCCCCCCCCC(O)C(=O)NC(CO)C(O)CCCCCCCCCCCCCCCCCCCCCCCCC. The van der Waals surface area contributed by atoms with Gasteiger partial charge < -0.3 is 20.6 Å². The highest BCUT2D eigenvalue weighted by atomic mass is 16.3. The molecular formula is C57H113NO4. The van der Waals surface area contributed by atoms with E-state index in [0.29, 0.717) is 12.8 Å². The highest BCUT2D eigenvalue weighted by molar-refractivity contribution is 5.80. The van der Waals surface area contributed by atoms with E-state index in [1.807, 2.05) is 0 Å². The number of amides is 1. The molecule has 0 radical (unpaired) electrons. The van der Waals surface area contributed by atoms with Gasteiger partial charge in [0.25, 0.3) is 0 Å². The predicted octanol–water partition coefficient (Wildman–Crippen LogP) is 17.5. The summed E-state index contributed by atoms with van der Waals surface area (Å²) in [4.78, 5) is 12.6. The molecule has 0 aromatic carbocycles. The molecule has 370 valence electrons. The van der Waals surface area contributed by atoms with Crippen LogP contribution in [0.4, 0.5) is 0 Å². The molecule has 1 amide bonds. The summed E-state index contributed by atoms with van der Waals surface area (Å²) in [6.07, 6.45) is 65.4. The van der Waals surface area contributed by atoms with E-state index in [0.717, 1.165) is 32.1 Å². The maximum atomic E-state index is 12.6. The summed E-state index contributed by atoms with van der Waals surface area (Å²) in [7, 11) is 0. The maximum absolute atomic E-state index is 12.6. The van der Waals surface area contributed by atoms with Crippen LogP contribution in [0.1, 0.15) is 322 Å². The minimum atomic E-state index is -1.07. The van der Waals surface area contributed by atoms with Crippen LogP contribution in [-0.2, 0) is 4.79 Å². The second-order valence-corrected chi connectivity index (χ2v) is 19.9. The zero-order chi connectivity index (χ0) is 45.1. The van der Waals surface area contributed by atoms with Crippen molar-refractivity contribution in [1.29, 1.82) is 0 Å². The van der Waals surface area contributed by atoms with E-state index in [1.165, 1.54) is 263 Å². The van der Waals surface area contributed by atoms with Crippen LogP contribution in [0.2, 0.25) is 0 Å². The van der Waals surface area contributed by atoms with Gasteiger partial charge in [0.05, 0.1) is 18.8 Å². The number of carbonyl (C=O) groups is 1. The quantitative estimate of drug-likeness (QED) is 0.0362. The van der Waals surface area contributed by atoms with Crippen LogP contribution < -0.4 is 5.32 Å². The Hall–Kier alpha value is -0.910. The van der Waals surface area contributed by atoms with Crippen molar-refractivity contribution in [2.24, 2.45) is 0 Å². The van der Waals surface area contributed by atoms with Crippen molar-refractivity contribution in [3.8, 4) is 0 Å². The fourth-order valence-corrected chi connectivity index (χ4v) is 9.19. The van der Waals surface area contributed by atoms with E-state index in [4.69, 9.17) is 0 Å². The van der Waals surface area contributed by atoms with Crippen LogP contribution in [0.5, 0.6) is 0 Å². The average Bonchev–Trinajstić information content (AvgIpc) is 3.28. The van der Waals surface area contributed by atoms with Gasteiger partial charge in [-0.05, 0) is 38.5 Å². The van der Waals surface area contributed by atoms with Crippen molar-refractivity contribution >= 4 is 5.91 Å². The number of rotatable bonds is 53. The lowest BCUT2D eigenvalue weighted by molar-refractivity contribution is -0.131. The summed E-state index contributed by atoms with van der Waals surface area (Å²) in [5.41, 5.74) is 0. The third-order valence-electron chi connectivity index (χ3n) is 13.6. The summed E-state index contributed by atoms with van der Waals surface area (Å²) in [6, 6.07) is -0.711. The molecule has 0 aliphatic heterocycles. The smallest absolute Gasteiger partial charge is 0.249 e. The van der Waals surface area contributed by atoms with Crippen LogP contribution in [0.3, 0.4) is 0 Å². The standard InChI is InChI=1S/C57H113NO4/c1-3-5-7-9-11-13-15-17-19-21-23-25-27-28-30-32-34-36-38-40-42-44-46-48-50-52-56(61)57(62)58-54(53-59)55(60)51-49-47-45-43-41-39-37-35-33-31-29-26-24-22-20-18-16-14-12-10-8-6-4-2/h28,30,54-56,59-61H,3-27,29,31-53H2,1-2H3,(H,58,62)/b30-28-. The van der Waals surface area contributed by atoms with E-state index in [-0.39, 0.29) is 6.61 Å². The minimum absolute atomic E-state index is 0.310. The topological polar surface area (TPSA) is 89.8 Å². The lowest BCUT2D eigenvalue weighted by Crippen LogP contribution is -2.49. The van der Waals surface area contributed by atoms with Gasteiger partial charge in [-0.2, -0.15) is 0 Å². The zero-order valence-corrected chi connectivity index (χ0v) is 42.3. The van der Waals surface area contributed by atoms with Gasteiger partial charge in [0, 0.05) is 0 Å². The Morgan fingerprint density at radius 2 is 0.613 bits per heavy atom. The molecule has 0 aliphatic carbocycles. The van der Waals surface area contributed by atoms with Crippen LogP contribution in [0.15, 0.2) is 12.2 Å². The van der Waals surface area contributed by atoms with Gasteiger partial charge in [0.1, 0.15) is 6.10 Å². The number of unbranched alkanes of at least 4 members (excludes halogenated alkanes) is 43. The first kappa shape index (κ1) is 61.1. The fourth-order valence-electron chi connectivity index (χ4n) is 9.19. The van der Waals surface area contributed by atoms with Gasteiger partial charge in [-0.3, -0.25) is 4.79 Å². The molecule has 0 aromatic heterocycles. The van der Waals surface area contributed by atoms with Crippen molar-refractivity contribution in [1.82, 2.24) is 5.32 Å². The summed E-state index contributed by atoms with van der Waals surface area (Å²) in [5.74, 6) is -0.466. The van der Waals surface area contributed by atoms with Crippen molar-refractivity contribution in [3.05, 3.63) is 12.2 Å². The second kappa shape index (κ2) is 52.7. The zero-order valence-electron chi connectivity index (χ0n) is 42.3. The molecule has 5 nitrogen and oxygen atoms in total. The Morgan fingerprint density at radius 3 is 0.887 bits per heavy atom. The molecule has 0 saturated carbocycles. The molecular weight excluding hydrogens is 763 g/mol. The molecule has 0 fully saturated rings. The Labute approximate surface area is 389 Å². The predicted molar refractivity (Wildman–Crippen MR) is 273 cm³/mol. The van der Waals surface area contributed by atoms with Gasteiger partial charge in [-0.1, -0.05) is 296 Å². The van der Waals surface area contributed by atoms with Gasteiger partial charge in [-0.15, -0.1) is 0 Å². The van der Waals surface area contributed by atoms with Gasteiger partial charge in [0.15, 0.2) is 0 Å². The first-order chi connectivity index (χ1) is 30.6. The van der Waals surface area contributed by atoms with Crippen molar-refractivity contribution in [2.45, 2.75) is 340 Å². The Balaban J connectivity index is 3.52. The normalized spacial score (nSPS) is 13.3. The van der Waals surface area contributed by atoms with Gasteiger partial charge >= 0.3 is 0 Å². The van der Waals surface area contributed by atoms with Crippen LogP contribution in [0, 0.1) is 0 Å². The average molecular weight is 877 g/mol. The minimum Gasteiger partial charge on any atom is -0.394 e. The Kier molecular flexibility index (Phi) is 51.9. The van der Waals surface area contributed by atoms with E-state index in [9.17, 15) is 20.1 Å². The number of hydrogen-bond acceptors (Lipinski definition) is 4. The molecule has 62 heavy (non-hydrogen) atoms. The van der Waals surface area contributed by atoms with Gasteiger partial charge in [-0.25, -0.2) is 0 Å². The molecule has 3 atom stereocenters. The molecule has 0 rings (SSSR count). The van der Waals surface area contributed by atoms with Crippen molar-refractivity contribution in [2.75, 3.05) is 6.61 Å². The molecule has 5 heteroatoms. The Bertz CT molecular complexity index is 879. The second-order valence-electron chi connectivity index (χ2n) is 19.9. The molecule has 0 aromatic rings. The lowest BCUT2D eigenvalue weighted by atomic mass is 10.0.